The van der Waals surface area contributed by atoms with E-state index in [1.807, 2.05) is 36.4 Å². The minimum Gasteiger partial charge on any atom is -0.457 e. The number of rotatable bonds is 9. The first-order valence-electron chi connectivity index (χ1n) is 8.46. The third-order valence-corrected chi connectivity index (χ3v) is 4.31. The number of aryl methyl sites for hydroxylation is 1. The van der Waals surface area contributed by atoms with Crippen molar-refractivity contribution in [2.75, 3.05) is 19.6 Å². The Morgan fingerprint density at radius 1 is 0.826 bits per heavy atom. The Morgan fingerprint density at radius 3 is 1.96 bits per heavy atom. The Morgan fingerprint density at radius 2 is 1.39 bits per heavy atom. The summed E-state index contributed by atoms with van der Waals surface area (Å²) in [5.41, 5.74) is 1.37. The summed E-state index contributed by atoms with van der Waals surface area (Å²) in [5, 5.41) is 0.720. The maximum absolute atomic E-state index is 5.88. The number of hydrogen-bond donors (Lipinski definition) is 0. The van der Waals surface area contributed by atoms with Crippen LogP contribution < -0.4 is 4.74 Å². The summed E-state index contributed by atoms with van der Waals surface area (Å²) in [7, 11) is 0. The Balaban J connectivity index is 1.77. The van der Waals surface area contributed by atoms with Crippen molar-refractivity contribution in [3.05, 3.63) is 59.1 Å². The highest BCUT2D eigenvalue weighted by Gasteiger charge is 2.01. The van der Waals surface area contributed by atoms with Crippen LogP contribution in [0.2, 0.25) is 5.02 Å². The number of halogens is 1. The van der Waals surface area contributed by atoms with Crippen LogP contribution in [0.5, 0.6) is 11.5 Å². The zero-order valence-corrected chi connectivity index (χ0v) is 14.9. The van der Waals surface area contributed by atoms with Crippen molar-refractivity contribution in [3.63, 3.8) is 0 Å². The molecule has 0 spiro atoms. The van der Waals surface area contributed by atoms with Crippen molar-refractivity contribution < 1.29 is 4.74 Å². The summed E-state index contributed by atoms with van der Waals surface area (Å²) in [6.07, 6.45) is 3.61. The van der Waals surface area contributed by atoms with Gasteiger partial charge in [-0.25, -0.2) is 0 Å². The molecule has 0 aliphatic heterocycles. The van der Waals surface area contributed by atoms with Crippen LogP contribution in [0.4, 0.5) is 0 Å². The maximum Gasteiger partial charge on any atom is 0.127 e. The van der Waals surface area contributed by atoms with Gasteiger partial charge < -0.3 is 9.64 Å². The highest BCUT2D eigenvalue weighted by atomic mass is 35.5. The average Bonchev–Trinajstić information content (AvgIpc) is 2.58. The van der Waals surface area contributed by atoms with Crippen LogP contribution in [-0.2, 0) is 6.42 Å². The summed E-state index contributed by atoms with van der Waals surface area (Å²) in [6, 6.07) is 15.8. The van der Waals surface area contributed by atoms with Crippen LogP contribution in [0.25, 0.3) is 0 Å². The Hall–Kier alpha value is -1.51. The number of nitrogens with zero attached hydrogens (tertiary/aromatic N) is 1. The van der Waals surface area contributed by atoms with Crippen molar-refractivity contribution in [1.29, 1.82) is 0 Å². The number of unbranched alkanes of at least 4 members (excludes halogenated alkanes) is 1. The number of ether oxygens (including phenoxy) is 1. The molecule has 0 saturated heterocycles. The van der Waals surface area contributed by atoms with Crippen LogP contribution in [0.15, 0.2) is 48.5 Å². The monoisotopic (exact) mass is 331 g/mol. The van der Waals surface area contributed by atoms with Gasteiger partial charge in [0, 0.05) is 5.02 Å². The number of benzene rings is 2. The van der Waals surface area contributed by atoms with E-state index in [0.29, 0.717) is 0 Å². The molecular weight excluding hydrogens is 306 g/mol. The zero-order chi connectivity index (χ0) is 16.5. The van der Waals surface area contributed by atoms with E-state index in [4.69, 9.17) is 16.3 Å². The lowest BCUT2D eigenvalue weighted by molar-refractivity contribution is 0.297. The molecule has 3 heteroatoms. The quantitative estimate of drug-likeness (QED) is 0.539. The second kappa shape index (κ2) is 9.59. The molecule has 0 amide bonds. The standard InChI is InChI=1S/C20H26ClNO/c1-3-22(4-2)16-6-5-7-17-8-12-19(13-9-17)23-20-14-10-18(21)11-15-20/h8-15H,3-7,16H2,1-2H3. The fraction of sp³-hybridized carbons (Fsp3) is 0.400. The Labute approximate surface area is 145 Å². The molecule has 0 aliphatic rings. The Kier molecular flexibility index (Phi) is 7.44. The first kappa shape index (κ1) is 17.8. The highest BCUT2D eigenvalue weighted by molar-refractivity contribution is 6.30. The molecule has 0 saturated carbocycles. The molecule has 0 aliphatic carbocycles. The van der Waals surface area contributed by atoms with E-state index in [0.717, 1.165) is 36.0 Å². The van der Waals surface area contributed by atoms with E-state index in [2.05, 4.69) is 30.9 Å². The summed E-state index contributed by atoms with van der Waals surface area (Å²) < 4.78 is 5.81. The molecule has 0 radical (unpaired) electrons. The van der Waals surface area contributed by atoms with E-state index >= 15 is 0 Å². The summed E-state index contributed by atoms with van der Waals surface area (Å²) in [5.74, 6) is 1.67. The molecule has 2 rings (SSSR count). The highest BCUT2D eigenvalue weighted by Crippen LogP contribution is 2.23. The van der Waals surface area contributed by atoms with Crippen molar-refractivity contribution in [1.82, 2.24) is 4.90 Å². The van der Waals surface area contributed by atoms with Gasteiger partial charge in [0.1, 0.15) is 11.5 Å². The van der Waals surface area contributed by atoms with Crippen LogP contribution in [0.3, 0.4) is 0 Å². The van der Waals surface area contributed by atoms with Crippen molar-refractivity contribution >= 4 is 11.6 Å². The molecule has 0 bridgehead atoms. The van der Waals surface area contributed by atoms with E-state index in [1.165, 1.54) is 24.9 Å². The van der Waals surface area contributed by atoms with E-state index in [1.54, 1.807) is 0 Å². The van der Waals surface area contributed by atoms with E-state index < -0.39 is 0 Å². The summed E-state index contributed by atoms with van der Waals surface area (Å²) >= 11 is 5.88. The van der Waals surface area contributed by atoms with Gasteiger partial charge in [0.2, 0.25) is 0 Å². The van der Waals surface area contributed by atoms with Crippen LogP contribution in [0, 0.1) is 0 Å². The SMILES string of the molecule is CCN(CC)CCCCc1ccc(Oc2ccc(Cl)cc2)cc1. The lowest BCUT2D eigenvalue weighted by Crippen LogP contribution is -2.23. The lowest BCUT2D eigenvalue weighted by atomic mass is 10.1. The third-order valence-electron chi connectivity index (χ3n) is 4.06. The molecule has 0 N–H and O–H groups in total. The van der Waals surface area contributed by atoms with Gasteiger partial charge in [0.15, 0.2) is 0 Å². The average molecular weight is 332 g/mol. The van der Waals surface area contributed by atoms with Gasteiger partial charge in [0.05, 0.1) is 0 Å². The zero-order valence-electron chi connectivity index (χ0n) is 14.1. The van der Waals surface area contributed by atoms with E-state index in [-0.39, 0.29) is 0 Å². The van der Waals surface area contributed by atoms with Crippen LogP contribution >= 0.6 is 11.6 Å². The van der Waals surface area contributed by atoms with Gasteiger partial charge in [0.25, 0.3) is 0 Å². The van der Waals surface area contributed by atoms with Gasteiger partial charge in [-0.1, -0.05) is 37.6 Å². The first-order valence-corrected chi connectivity index (χ1v) is 8.83. The van der Waals surface area contributed by atoms with Crippen LogP contribution in [0.1, 0.15) is 32.3 Å². The summed E-state index contributed by atoms with van der Waals surface area (Å²) in [4.78, 5) is 2.48. The Bertz CT molecular complexity index is 561. The molecule has 124 valence electrons. The largest absolute Gasteiger partial charge is 0.457 e. The molecule has 0 unspecified atom stereocenters. The molecule has 2 aromatic carbocycles. The molecule has 2 aromatic rings. The molecule has 0 heterocycles. The van der Waals surface area contributed by atoms with Crippen LogP contribution in [-0.4, -0.2) is 24.5 Å². The van der Waals surface area contributed by atoms with Gasteiger partial charge in [-0.3, -0.25) is 0 Å². The van der Waals surface area contributed by atoms with Crippen molar-refractivity contribution in [2.24, 2.45) is 0 Å². The summed E-state index contributed by atoms with van der Waals surface area (Å²) in [6.45, 7) is 7.94. The predicted octanol–water partition coefficient (Wildman–Crippen LogP) is 5.80. The lowest BCUT2D eigenvalue weighted by Gasteiger charge is -2.17. The minimum absolute atomic E-state index is 0.720. The van der Waals surface area contributed by atoms with Gasteiger partial charge in [-0.15, -0.1) is 0 Å². The minimum atomic E-state index is 0.720. The van der Waals surface area contributed by atoms with Crippen molar-refractivity contribution in [3.8, 4) is 11.5 Å². The second-order valence-electron chi connectivity index (χ2n) is 5.68. The maximum atomic E-state index is 5.88. The van der Waals surface area contributed by atoms with E-state index in [9.17, 15) is 0 Å². The molecule has 0 aromatic heterocycles. The predicted molar refractivity (Wildman–Crippen MR) is 98.7 cm³/mol. The van der Waals surface area contributed by atoms with Gasteiger partial charge in [-0.2, -0.15) is 0 Å². The third kappa shape index (κ3) is 6.25. The molecular formula is C20H26ClNO. The molecule has 0 fully saturated rings. The topological polar surface area (TPSA) is 12.5 Å². The fourth-order valence-electron chi connectivity index (χ4n) is 2.57. The van der Waals surface area contributed by atoms with Gasteiger partial charge in [-0.05, 0) is 80.9 Å². The van der Waals surface area contributed by atoms with Crippen molar-refractivity contribution in [2.45, 2.75) is 33.1 Å². The smallest absolute Gasteiger partial charge is 0.127 e. The molecule has 2 nitrogen and oxygen atoms in total. The molecule has 0 atom stereocenters. The first-order chi connectivity index (χ1) is 11.2. The normalized spacial score (nSPS) is 11.0. The number of hydrogen-bond acceptors (Lipinski definition) is 2. The second-order valence-corrected chi connectivity index (χ2v) is 6.12. The van der Waals surface area contributed by atoms with Gasteiger partial charge >= 0.3 is 0 Å². The fourth-order valence-corrected chi connectivity index (χ4v) is 2.69. The molecule has 23 heavy (non-hydrogen) atoms.